The Kier molecular flexibility index (Phi) is 4.98. The van der Waals surface area contributed by atoms with E-state index in [1.54, 1.807) is 7.05 Å². The average molecular weight is 235 g/mol. The molecular formula is C9H21N3O2S. The first-order valence-electron chi connectivity index (χ1n) is 5.47. The summed E-state index contributed by atoms with van der Waals surface area (Å²) in [5, 5.41) is 0. The first kappa shape index (κ1) is 12.9. The third-order valence-electron chi connectivity index (χ3n) is 2.62. The molecule has 1 aliphatic carbocycles. The monoisotopic (exact) mass is 235 g/mol. The van der Waals surface area contributed by atoms with Gasteiger partial charge < -0.3 is 5.73 Å². The van der Waals surface area contributed by atoms with E-state index in [1.807, 2.05) is 0 Å². The fourth-order valence-corrected chi connectivity index (χ4v) is 2.31. The van der Waals surface area contributed by atoms with Gasteiger partial charge in [0.25, 0.3) is 10.2 Å². The van der Waals surface area contributed by atoms with Crippen molar-refractivity contribution in [2.24, 2.45) is 11.7 Å². The topological polar surface area (TPSA) is 75.4 Å². The number of rotatable bonds is 8. The van der Waals surface area contributed by atoms with Crippen molar-refractivity contribution in [1.82, 2.24) is 9.03 Å². The van der Waals surface area contributed by atoms with Gasteiger partial charge in [0.2, 0.25) is 0 Å². The fourth-order valence-electron chi connectivity index (χ4n) is 1.34. The molecule has 3 N–H and O–H groups in total. The van der Waals surface area contributed by atoms with E-state index in [-0.39, 0.29) is 0 Å². The lowest BCUT2D eigenvalue weighted by Crippen LogP contribution is -2.39. The van der Waals surface area contributed by atoms with Gasteiger partial charge in [0.05, 0.1) is 0 Å². The molecule has 0 amide bonds. The van der Waals surface area contributed by atoms with Crippen LogP contribution < -0.4 is 10.5 Å². The summed E-state index contributed by atoms with van der Waals surface area (Å²) in [5.41, 5.74) is 5.33. The van der Waals surface area contributed by atoms with E-state index in [2.05, 4.69) is 4.72 Å². The van der Waals surface area contributed by atoms with Crippen LogP contribution in [0.25, 0.3) is 0 Å². The zero-order chi connectivity index (χ0) is 11.3. The summed E-state index contributed by atoms with van der Waals surface area (Å²) in [6.07, 6.45) is 4.17. The van der Waals surface area contributed by atoms with Crippen molar-refractivity contribution >= 4 is 10.2 Å². The molecular weight excluding hydrogens is 214 g/mol. The largest absolute Gasteiger partial charge is 0.330 e. The predicted octanol–water partition coefficient (Wildman–Crippen LogP) is -0.0985. The maximum Gasteiger partial charge on any atom is 0.279 e. The molecule has 1 fully saturated rings. The molecule has 5 nitrogen and oxygen atoms in total. The van der Waals surface area contributed by atoms with Gasteiger partial charge in [-0.25, -0.2) is 4.72 Å². The highest BCUT2D eigenvalue weighted by atomic mass is 32.2. The van der Waals surface area contributed by atoms with Crippen molar-refractivity contribution in [1.29, 1.82) is 0 Å². The Bertz CT molecular complexity index is 275. The maximum atomic E-state index is 11.6. The van der Waals surface area contributed by atoms with Gasteiger partial charge in [-0.05, 0) is 25.3 Å². The Balaban J connectivity index is 2.22. The number of hydrogen-bond acceptors (Lipinski definition) is 3. The minimum absolute atomic E-state index is 0.481. The minimum atomic E-state index is -3.27. The van der Waals surface area contributed by atoms with Crippen molar-refractivity contribution in [3.05, 3.63) is 0 Å². The lowest BCUT2D eigenvalue weighted by molar-refractivity contribution is 0.451. The van der Waals surface area contributed by atoms with Crippen molar-refractivity contribution in [2.45, 2.75) is 25.7 Å². The fraction of sp³-hybridized carbons (Fsp3) is 1.00. The third-order valence-corrected chi connectivity index (χ3v) is 4.19. The highest BCUT2D eigenvalue weighted by Crippen LogP contribution is 2.31. The summed E-state index contributed by atoms with van der Waals surface area (Å²) in [7, 11) is -1.69. The van der Waals surface area contributed by atoms with E-state index < -0.39 is 10.2 Å². The number of hydrogen-bond donors (Lipinski definition) is 2. The molecule has 0 aromatic rings. The second-order valence-corrected chi connectivity index (χ2v) is 5.96. The Morgan fingerprint density at radius 3 is 2.67 bits per heavy atom. The van der Waals surface area contributed by atoms with Gasteiger partial charge >= 0.3 is 0 Å². The first-order valence-corrected chi connectivity index (χ1v) is 6.91. The second-order valence-electron chi connectivity index (χ2n) is 4.10. The molecule has 0 spiro atoms. The normalized spacial score (nSPS) is 17.3. The summed E-state index contributed by atoms with van der Waals surface area (Å²) in [6, 6.07) is 0. The second kappa shape index (κ2) is 5.79. The van der Waals surface area contributed by atoms with E-state index in [1.165, 1.54) is 17.1 Å². The van der Waals surface area contributed by atoms with E-state index in [9.17, 15) is 8.42 Å². The smallest absolute Gasteiger partial charge is 0.279 e. The molecule has 0 radical (unpaired) electrons. The molecule has 6 heteroatoms. The van der Waals surface area contributed by atoms with Crippen molar-refractivity contribution < 1.29 is 8.42 Å². The van der Waals surface area contributed by atoms with E-state index in [4.69, 9.17) is 5.73 Å². The van der Waals surface area contributed by atoms with Gasteiger partial charge in [0.15, 0.2) is 0 Å². The Morgan fingerprint density at radius 2 is 2.13 bits per heavy atom. The summed E-state index contributed by atoms with van der Waals surface area (Å²) in [4.78, 5) is 0. The standard InChI is InChI=1S/C9H21N3O2S/c1-12(8-2-6-10)15(13,14)11-7-5-9-3-4-9/h9,11H,2-8,10H2,1H3. The maximum absolute atomic E-state index is 11.6. The van der Waals surface area contributed by atoms with Gasteiger partial charge in [-0.15, -0.1) is 0 Å². The molecule has 1 rings (SSSR count). The van der Waals surface area contributed by atoms with Crippen LogP contribution in [0.4, 0.5) is 0 Å². The van der Waals surface area contributed by atoms with E-state index >= 15 is 0 Å². The quantitative estimate of drug-likeness (QED) is 0.617. The molecule has 0 bridgehead atoms. The highest BCUT2D eigenvalue weighted by molar-refractivity contribution is 7.87. The van der Waals surface area contributed by atoms with Crippen LogP contribution in [-0.4, -0.2) is 39.4 Å². The lowest BCUT2D eigenvalue weighted by atomic mass is 10.3. The van der Waals surface area contributed by atoms with Crippen molar-refractivity contribution in [3.8, 4) is 0 Å². The predicted molar refractivity (Wildman–Crippen MR) is 60.6 cm³/mol. The average Bonchev–Trinajstić information content (AvgIpc) is 2.97. The van der Waals surface area contributed by atoms with Crippen LogP contribution in [0.1, 0.15) is 25.7 Å². The van der Waals surface area contributed by atoms with Crippen LogP contribution >= 0.6 is 0 Å². The first-order chi connectivity index (χ1) is 7.06. The molecule has 1 aliphatic rings. The zero-order valence-corrected chi connectivity index (χ0v) is 10.1. The Morgan fingerprint density at radius 1 is 1.47 bits per heavy atom. The zero-order valence-electron chi connectivity index (χ0n) is 9.28. The molecule has 15 heavy (non-hydrogen) atoms. The molecule has 0 unspecified atom stereocenters. The summed E-state index contributed by atoms with van der Waals surface area (Å²) < 4.78 is 27.1. The molecule has 0 atom stereocenters. The summed E-state index contributed by atoms with van der Waals surface area (Å²) >= 11 is 0. The summed E-state index contributed by atoms with van der Waals surface area (Å²) in [5.74, 6) is 0.752. The molecule has 0 heterocycles. The van der Waals surface area contributed by atoms with Gasteiger partial charge in [0.1, 0.15) is 0 Å². The van der Waals surface area contributed by atoms with E-state index in [0.29, 0.717) is 26.1 Å². The Labute approximate surface area is 92.2 Å². The van der Waals surface area contributed by atoms with Gasteiger partial charge in [-0.2, -0.15) is 12.7 Å². The van der Waals surface area contributed by atoms with Crippen LogP contribution in [0.3, 0.4) is 0 Å². The van der Waals surface area contributed by atoms with Gasteiger partial charge in [0, 0.05) is 20.1 Å². The van der Waals surface area contributed by atoms with Crippen LogP contribution in [0, 0.1) is 5.92 Å². The van der Waals surface area contributed by atoms with Crippen molar-refractivity contribution in [2.75, 3.05) is 26.7 Å². The van der Waals surface area contributed by atoms with Crippen LogP contribution in [0.5, 0.6) is 0 Å². The SMILES string of the molecule is CN(CCCN)S(=O)(=O)NCCC1CC1. The molecule has 0 aliphatic heterocycles. The molecule has 0 aromatic carbocycles. The minimum Gasteiger partial charge on any atom is -0.330 e. The number of nitrogens with two attached hydrogens (primary N) is 1. The molecule has 1 saturated carbocycles. The number of nitrogens with one attached hydrogen (secondary N) is 1. The Hall–Kier alpha value is -0.170. The summed E-state index contributed by atoms with van der Waals surface area (Å²) in [6.45, 7) is 1.55. The van der Waals surface area contributed by atoms with E-state index in [0.717, 1.165) is 12.3 Å². The highest BCUT2D eigenvalue weighted by Gasteiger charge is 2.22. The van der Waals surface area contributed by atoms with Crippen LogP contribution in [0.2, 0.25) is 0 Å². The molecule has 90 valence electrons. The third kappa shape index (κ3) is 4.92. The van der Waals surface area contributed by atoms with Crippen LogP contribution in [-0.2, 0) is 10.2 Å². The number of nitrogens with zero attached hydrogens (tertiary/aromatic N) is 1. The van der Waals surface area contributed by atoms with Gasteiger partial charge in [-0.1, -0.05) is 12.8 Å². The van der Waals surface area contributed by atoms with Crippen LogP contribution in [0.15, 0.2) is 0 Å². The van der Waals surface area contributed by atoms with Crippen molar-refractivity contribution in [3.63, 3.8) is 0 Å². The molecule has 0 aromatic heterocycles. The lowest BCUT2D eigenvalue weighted by Gasteiger charge is -2.17. The van der Waals surface area contributed by atoms with Gasteiger partial charge in [-0.3, -0.25) is 0 Å². The molecule has 0 saturated heterocycles.